The second-order valence-corrected chi connectivity index (χ2v) is 8.73. The Morgan fingerprint density at radius 1 is 0.971 bits per heavy atom. The highest BCUT2D eigenvalue weighted by molar-refractivity contribution is 6.05. The first kappa shape index (κ1) is 23.4. The molecule has 4 amide bonds. The molecule has 2 aromatic rings. The van der Waals surface area contributed by atoms with Crippen LogP contribution in [-0.2, 0) is 20.8 Å². The standard InChI is InChI=1S/C25H29N5O4/c26-24(33)18-12-15-29(16-13-18)14-11-17-1-5-20(6-2-17)27-25(34)19-3-7-21(8-4-19)30-23(32)10-9-22(31)28-30/h1-8,18H,9-16H2,(H2,26,33)(H,27,34)(H,28,31). The van der Waals surface area contributed by atoms with E-state index in [2.05, 4.69) is 15.6 Å². The van der Waals surface area contributed by atoms with Gasteiger partial charge in [0.25, 0.3) is 5.91 Å². The first-order valence-corrected chi connectivity index (χ1v) is 11.5. The first-order valence-electron chi connectivity index (χ1n) is 11.5. The maximum absolute atomic E-state index is 12.6. The van der Waals surface area contributed by atoms with Crippen LogP contribution in [0.3, 0.4) is 0 Å². The summed E-state index contributed by atoms with van der Waals surface area (Å²) in [5.41, 5.74) is 10.8. The van der Waals surface area contributed by atoms with Crippen molar-refractivity contribution < 1.29 is 19.2 Å². The predicted octanol–water partition coefficient (Wildman–Crippen LogP) is 1.84. The van der Waals surface area contributed by atoms with E-state index in [9.17, 15) is 19.2 Å². The van der Waals surface area contributed by atoms with Crippen molar-refractivity contribution in [3.8, 4) is 0 Å². The molecule has 0 spiro atoms. The Morgan fingerprint density at radius 2 is 1.65 bits per heavy atom. The number of carbonyl (C=O) groups is 4. The SMILES string of the molecule is NC(=O)C1CCN(CCc2ccc(NC(=O)c3ccc(N4NC(=O)CCC4=O)cc3)cc2)CC1. The summed E-state index contributed by atoms with van der Waals surface area (Å²) in [6.45, 7) is 2.70. The van der Waals surface area contributed by atoms with Crippen molar-refractivity contribution in [3.05, 3.63) is 59.7 Å². The third-order valence-electron chi connectivity index (χ3n) is 6.36. The molecule has 0 saturated carbocycles. The van der Waals surface area contributed by atoms with Crippen LogP contribution >= 0.6 is 0 Å². The van der Waals surface area contributed by atoms with E-state index in [1.54, 1.807) is 24.3 Å². The number of amides is 4. The maximum atomic E-state index is 12.6. The molecule has 2 aliphatic heterocycles. The third kappa shape index (κ3) is 5.79. The molecular weight excluding hydrogens is 434 g/mol. The number of hydrazine groups is 1. The lowest BCUT2D eigenvalue weighted by Crippen LogP contribution is -2.50. The van der Waals surface area contributed by atoms with Crippen LogP contribution in [-0.4, -0.2) is 48.2 Å². The Kier molecular flexibility index (Phi) is 7.22. The summed E-state index contributed by atoms with van der Waals surface area (Å²) < 4.78 is 0. The summed E-state index contributed by atoms with van der Waals surface area (Å²) in [6, 6.07) is 14.3. The average Bonchev–Trinajstić information content (AvgIpc) is 2.85. The van der Waals surface area contributed by atoms with Gasteiger partial charge in [0.2, 0.25) is 17.7 Å². The van der Waals surface area contributed by atoms with Gasteiger partial charge < -0.3 is 16.0 Å². The summed E-state index contributed by atoms with van der Waals surface area (Å²) in [5.74, 6) is -0.850. The van der Waals surface area contributed by atoms with Crippen LogP contribution in [0.1, 0.15) is 41.6 Å². The Balaban J connectivity index is 1.27. The van der Waals surface area contributed by atoms with Gasteiger partial charge in [0.1, 0.15) is 0 Å². The van der Waals surface area contributed by atoms with Crippen molar-refractivity contribution in [1.29, 1.82) is 0 Å². The number of nitrogens with one attached hydrogen (secondary N) is 2. The second-order valence-electron chi connectivity index (χ2n) is 8.73. The molecule has 0 atom stereocenters. The summed E-state index contributed by atoms with van der Waals surface area (Å²) >= 11 is 0. The quantitative estimate of drug-likeness (QED) is 0.578. The predicted molar refractivity (Wildman–Crippen MR) is 128 cm³/mol. The number of piperidine rings is 1. The van der Waals surface area contributed by atoms with Crippen LogP contribution in [0.2, 0.25) is 0 Å². The number of hydrogen-bond acceptors (Lipinski definition) is 5. The topological polar surface area (TPSA) is 125 Å². The van der Waals surface area contributed by atoms with Crippen molar-refractivity contribution in [2.24, 2.45) is 11.7 Å². The highest BCUT2D eigenvalue weighted by Crippen LogP contribution is 2.20. The van der Waals surface area contributed by atoms with E-state index in [1.165, 1.54) is 10.6 Å². The molecule has 2 fully saturated rings. The van der Waals surface area contributed by atoms with E-state index in [0.29, 0.717) is 16.9 Å². The number of primary amides is 1. The molecule has 2 aliphatic rings. The number of carbonyl (C=O) groups excluding carboxylic acids is 4. The van der Waals surface area contributed by atoms with Crippen molar-refractivity contribution in [1.82, 2.24) is 10.3 Å². The number of nitrogens with two attached hydrogens (primary N) is 1. The van der Waals surface area contributed by atoms with Crippen LogP contribution in [0.4, 0.5) is 11.4 Å². The van der Waals surface area contributed by atoms with Gasteiger partial charge in [-0.2, -0.15) is 0 Å². The van der Waals surface area contributed by atoms with E-state index in [1.807, 2.05) is 24.3 Å². The zero-order valence-corrected chi connectivity index (χ0v) is 19.0. The number of anilines is 2. The lowest BCUT2D eigenvalue weighted by atomic mass is 9.96. The molecule has 9 nitrogen and oxygen atoms in total. The number of rotatable bonds is 7. The fourth-order valence-electron chi connectivity index (χ4n) is 4.23. The minimum absolute atomic E-state index is 0.00322. The zero-order valence-electron chi connectivity index (χ0n) is 19.0. The van der Waals surface area contributed by atoms with Crippen molar-refractivity contribution in [2.75, 3.05) is 30.0 Å². The highest BCUT2D eigenvalue weighted by atomic mass is 16.2. The molecule has 2 aromatic carbocycles. The van der Waals surface area contributed by atoms with Crippen LogP contribution in [0.15, 0.2) is 48.5 Å². The molecule has 2 heterocycles. The Hall–Kier alpha value is -3.72. The summed E-state index contributed by atoms with van der Waals surface area (Å²) in [4.78, 5) is 49.8. The van der Waals surface area contributed by atoms with Gasteiger partial charge in [0.05, 0.1) is 5.69 Å². The first-order chi connectivity index (χ1) is 16.4. The van der Waals surface area contributed by atoms with Gasteiger partial charge in [-0.1, -0.05) is 12.1 Å². The lowest BCUT2D eigenvalue weighted by molar-refractivity contribution is -0.130. The van der Waals surface area contributed by atoms with Crippen molar-refractivity contribution >= 4 is 35.0 Å². The van der Waals surface area contributed by atoms with Crippen LogP contribution < -0.4 is 21.5 Å². The molecule has 178 valence electrons. The van der Waals surface area contributed by atoms with E-state index >= 15 is 0 Å². The molecule has 0 aliphatic carbocycles. The monoisotopic (exact) mass is 463 g/mol. The van der Waals surface area contributed by atoms with Crippen LogP contribution in [0.25, 0.3) is 0 Å². The average molecular weight is 464 g/mol. The Bertz CT molecular complexity index is 1060. The lowest BCUT2D eigenvalue weighted by Gasteiger charge is -2.30. The summed E-state index contributed by atoms with van der Waals surface area (Å²) in [7, 11) is 0. The molecule has 2 saturated heterocycles. The fourth-order valence-corrected chi connectivity index (χ4v) is 4.23. The molecular formula is C25H29N5O4. The van der Waals surface area contributed by atoms with E-state index in [0.717, 1.165) is 38.9 Å². The summed E-state index contributed by atoms with van der Waals surface area (Å²) in [6.07, 6.45) is 2.89. The van der Waals surface area contributed by atoms with Gasteiger partial charge in [-0.3, -0.25) is 24.6 Å². The Labute approximate surface area is 198 Å². The number of benzene rings is 2. The van der Waals surface area contributed by atoms with E-state index in [-0.39, 0.29) is 42.4 Å². The van der Waals surface area contributed by atoms with Gasteiger partial charge in [-0.05, 0) is 74.3 Å². The van der Waals surface area contributed by atoms with Gasteiger partial charge >= 0.3 is 0 Å². The normalized spacial score (nSPS) is 17.4. The minimum Gasteiger partial charge on any atom is -0.369 e. The molecule has 0 unspecified atom stereocenters. The maximum Gasteiger partial charge on any atom is 0.255 e. The van der Waals surface area contributed by atoms with Gasteiger partial charge in [-0.25, -0.2) is 5.01 Å². The van der Waals surface area contributed by atoms with E-state index < -0.39 is 0 Å². The Morgan fingerprint density at radius 3 is 2.29 bits per heavy atom. The number of hydrogen-bond donors (Lipinski definition) is 3. The minimum atomic E-state index is -0.259. The molecule has 4 rings (SSSR count). The molecule has 9 heteroatoms. The molecule has 0 aromatic heterocycles. The smallest absolute Gasteiger partial charge is 0.255 e. The van der Waals surface area contributed by atoms with Crippen LogP contribution in [0, 0.1) is 5.92 Å². The highest BCUT2D eigenvalue weighted by Gasteiger charge is 2.24. The van der Waals surface area contributed by atoms with Gasteiger partial charge in [0.15, 0.2) is 0 Å². The van der Waals surface area contributed by atoms with Crippen molar-refractivity contribution in [2.45, 2.75) is 32.1 Å². The zero-order chi connectivity index (χ0) is 24.1. The van der Waals surface area contributed by atoms with Gasteiger partial charge in [0, 0.05) is 36.6 Å². The molecule has 34 heavy (non-hydrogen) atoms. The molecule has 0 bridgehead atoms. The van der Waals surface area contributed by atoms with Crippen molar-refractivity contribution in [3.63, 3.8) is 0 Å². The van der Waals surface area contributed by atoms with Gasteiger partial charge in [-0.15, -0.1) is 0 Å². The second kappa shape index (κ2) is 10.5. The van der Waals surface area contributed by atoms with E-state index in [4.69, 9.17) is 5.73 Å². The molecule has 0 radical (unpaired) electrons. The molecule has 4 N–H and O–H groups in total. The van der Waals surface area contributed by atoms with Crippen LogP contribution in [0.5, 0.6) is 0 Å². The fraction of sp³-hybridized carbons (Fsp3) is 0.360. The number of likely N-dealkylation sites (tertiary alicyclic amines) is 1. The largest absolute Gasteiger partial charge is 0.369 e. The summed E-state index contributed by atoms with van der Waals surface area (Å²) in [5, 5.41) is 4.09. The number of nitrogens with zero attached hydrogens (tertiary/aromatic N) is 2. The third-order valence-corrected chi connectivity index (χ3v) is 6.36.